The van der Waals surface area contributed by atoms with Crippen molar-refractivity contribution in [3.63, 3.8) is 0 Å². The van der Waals surface area contributed by atoms with Crippen LogP contribution in [0, 0.1) is 5.92 Å². The van der Waals surface area contributed by atoms with E-state index in [1.807, 2.05) is 20.1 Å². The summed E-state index contributed by atoms with van der Waals surface area (Å²) in [6.45, 7) is 4.35. The van der Waals surface area contributed by atoms with E-state index in [4.69, 9.17) is 5.73 Å². The SMILES string of the molecule is CSCC(C)CNS(=O)(=O)c1ccc(C(C)N)cc1. The van der Waals surface area contributed by atoms with Crippen LogP contribution in [0.15, 0.2) is 29.2 Å². The van der Waals surface area contributed by atoms with E-state index < -0.39 is 10.0 Å². The van der Waals surface area contributed by atoms with Crippen molar-refractivity contribution in [2.75, 3.05) is 18.6 Å². The van der Waals surface area contributed by atoms with E-state index in [0.29, 0.717) is 12.5 Å². The van der Waals surface area contributed by atoms with Crippen LogP contribution in [0.5, 0.6) is 0 Å². The number of sulfonamides is 1. The fraction of sp³-hybridized carbons (Fsp3) is 0.538. The van der Waals surface area contributed by atoms with Crippen LogP contribution < -0.4 is 10.5 Å². The summed E-state index contributed by atoms with van der Waals surface area (Å²) >= 11 is 1.71. The Morgan fingerprint density at radius 1 is 1.26 bits per heavy atom. The van der Waals surface area contributed by atoms with Crippen LogP contribution in [0.25, 0.3) is 0 Å². The second-order valence-electron chi connectivity index (χ2n) is 4.77. The zero-order valence-electron chi connectivity index (χ0n) is 11.6. The maximum absolute atomic E-state index is 12.1. The molecule has 0 amide bonds. The van der Waals surface area contributed by atoms with Crippen molar-refractivity contribution in [3.8, 4) is 0 Å². The molecule has 1 aromatic rings. The monoisotopic (exact) mass is 302 g/mol. The quantitative estimate of drug-likeness (QED) is 0.808. The highest BCUT2D eigenvalue weighted by Gasteiger charge is 2.15. The second-order valence-corrected chi connectivity index (χ2v) is 7.45. The van der Waals surface area contributed by atoms with Crippen LogP contribution in [0.4, 0.5) is 0 Å². The molecule has 1 aromatic carbocycles. The molecule has 0 heterocycles. The number of benzene rings is 1. The van der Waals surface area contributed by atoms with Gasteiger partial charge >= 0.3 is 0 Å². The summed E-state index contributed by atoms with van der Waals surface area (Å²) in [5, 5.41) is 0. The molecular weight excluding hydrogens is 280 g/mol. The smallest absolute Gasteiger partial charge is 0.240 e. The molecule has 1 rings (SSSR count). The van der Waals surface area contributed by atoms with Gasteiger partial charge in [0.25, 0.3) is 0 Å². The van der Waals surface area contributed by atoms with Crippen LogP contribution in [-0.2, 0) is 10.0 Å². The molecule has 19 heavy (non-hydrogen) atoms. The van der Waals surface area contributed by atoms with E-state index in [9.17, 15) is 8.42 Å². The summed E-state index contributed by atoms with van der Waals surface area (Å²) in [4.78, 5) is 0.285. The number of thioether (sulfide) groups is 1. The lowest BCUT2D eigenvalue weighted by molar-refractivity contribution is 0.562. The highest BCUT2D eigenvalue weighted by atomic mass is 32.2. The highest BCUT2D eigenvalue weighted by molar-refractivity contribution is 7.98. The Morgan fingerprint density at radius 3 is 2.32 bits per heavy atom. The number of rotatable bonds is 7. The third-order valence-corrected chi connectivity index (χ3v) is 5.13. The van der Waals surface area contributed by atoms with Crippen LogP contribution in [-0.4, -0.2) is 27.0 Å². The molecule has 0 radical (unpaired) electrons. The van der Waals surface area contributed by atoms with Crippen LogP contribution in [0.3, 0.4) is 0 Å². The number of nitrogens with one attached hydrogen (secondary N) is 1. The van der Waals surface area contributed by atoms with Gasteiger partial charge in [-0.05, 0) is 42.5 Å². The molecule has 0 aliphatic carbocycles. The molecule has 2 atom stereocenters. The van der Waals surface area contributed by atoms with Crippen molar-refractivity contribution >= 4 is 21.8 Å². The van der Waals surface area contributed by atoms with Crippen LogP contribution in [0.2, 0.25) is 0 Å². The molecule has 0 saturated carbocycles. The predicted octanol–water partition coefficient (Wildman–Crippen LogP) is 1.98. The lowest BCUT2D eigenvalue weighted by Crippen LogP contribution is -2.29. The average Bonchev–Trinajstić information content (AvgIpc) is 2.37. The molecule has 3 N–H and O–H groups in total. The zero-order chi connectivity index (χ0) is 14.5. The van der Waals surface area contributed by atoms with E-state index in [2.05, 4.69) is 4.72 Å². The van der Waals surface area contributed by atoms with Gasteiger partial charge in [0.1, 0.15) is 0 Å². The van der Waals surface area contributed by atoms with Crippen molar-refractivity contribution in [1.82, 2.24) is 4.72 Å². The van der Waals surface area contributed by atoms with E-state index in [1.165, 1.54) is 0 Å². The van der Waals surface area contributed by atoms with Crippen molar-refractivity contribution in [1.29, 1.82) is 0 Å². The summed E-state index contributed by atoms with van der Waals surface area (Å²) in [5.74, 6) is 1.25. The Kier molecular flexibility index (Phi) is 6.32. The lowest BCUT2D eigenvalue weighted by atomic mass is 10.1. The van der Waals surface area contributed by atoms with Gasteiger partial charge in [0.2, 0.25) is 10.0 Å². The van der Waals surface area contributed by atoms with Gasteiger partial charge < -0.3 is 5.73 Å². The van der Waals surface area contributed by atoms with Gasteiger partial charge in [-0.3, -0.25) is 0 Å². The van der Waals surface area contributed by atoms with E-state index in [0.717, 1.165) is 11.3 Å². The molecule has 0 bridgehead atoms. The first kappa shape index (κ1) is 16.5. The van der Waals surface area contributed by atoms with E-state index >= 15 is 0 Å². The van der Waals surface area contributed by atoms with Crippen molar-refractivity contribution in [3.05, 3.63) is 29.8 Å². The third kappa shape index (κ3) is 5.14. The number of nitrogens with two attached hydrogens (primary N) is 1. The molecule has 4 nitrogen and oxygen atoms in total. The minimum atomic E-state index is -3.42. The molecule has 108 valence electrons. The summed E-state index contributed by atoms with van der Waals surface area (Å²) in [6, 6.07) is 6.61. The Morgan fingerprint density at radius 2 is 1.84 bits per heavy atom. The maximum atomic E-state index is 12.1. The van der Waals surface area contributed by atoms with E-state index in [1.54, 1.807) is 36.0 Å². The number of hydrogen-bond acceptors (Lipinski definition) is 4. The van der Waals surface area contributed by atoms with Gasteiger partial charge in [-0.1, -0.05) is 19.1 Å². The zero-order valence-corrected chi connectivity index (χ0v) is 13.2. The minimum Gasteiger partial charge on any atom is -0.324 e. The highest BCUT2D eigenvalue weighted by Crippen LogP contribution is 2.15. The van der Waals surface area contributed by atoms with Crippen molar-refractivity contribution in [2.24, 2.45) is 11.7 Å². The topological polar surface area (TPSA) is 72.2 Å². The molecule has 0 spiro atoms. The first-order chi connectivity index (χ1) is 8.86. The summed E-state index contributed by atoms with van der Waals surface area (Å²) in [6.07, 6.45) is 2.01. The van der Waals surface area contributed by atoms with Gasteiger partial charge in [0.15, 0.2) is 0 Å². The first-order valence-corrected chi connectivity index (χ1v) is 9.08. The molecule has 0 fully saturated rings. The molecule has 6 heteroatoms. The minimum absolute atomic E-state index is 0.0914. The van der Waals surface area contributed by atoms with Gasteiger partial charge in [-0.25, -0.2) is 13.1 Å². The van der Waals surface area contributed by atoms with Crippen LogP contribution in [0.1, 0.15) is 25.5 Å². The van der Waals surface area contributed by atoms with Gasteiger partial charge in [-0.15, -0.1) is 0 Å². The van der Waals surface area contributed by atoms with E-state index in [-0.39, 0.29) is 10.9 Å². The second kappa shape index (κ2) is 7.28. The normalized spacial score (nSPS) is 15.2. The fourth-order valence-corrected chi connectivity index (χ4v) is 3.48. The summed E-state index contributed by atoms with van der Waals surface area (Å²) in [5.41, 5.74) is 6.66. The molecule has 2 unspecified atom stereocenters. The lowest BCUT2D eigenvalue weighted by Gasteiger charge is -2.12. The molecule has 0 aliphatic rings. The van der Waals surface area contributed by atoms with Crippen LogP contribution >= 0.6 is 11.8 Å². The number of hydrogen-bond donors (Lipinski definition) is 2. The average molecular weight is 302 g/mol. The van der Waals surface area contributed by atoms with Gasteiger partial charge in [0, 0.05) is 12.6 Å². The molecule has 0 aliphatic heterocycles. The Labute approximate surface area is 120 Å². The molecule has 0 aromatic heterocycles. The largest absolute Gasteiger partial charge is 0.324 e. The standard InChI is InChI=1S/C13H22N2O2S2/c1-10(9-18-3)8-15-19(16,17)13-6-4-12(5-7-13)11(2)14/h4-7,10-11,15H,8-9,14H2,1-3H3. The maximum Gasteiger partial charge on any atom is 0.240 e. The predicted molar refractivity (Wildman–Crippen MR) is 81.8 cm³/mol. The summed E-state index contributed by atoms with van der Waals surface area (Å²) < 4.78 is 26.8. The van der Waals surface area contributed by atoms with Crippen molar-refractivity contribution < 1.29 is 8.42 Å². The van der Waals surface area contributed by atoms with Gasteiger partial charge in [-0.2, -0.15) is 11.8 Å². The molecular formula is C13H22N2O2S2. The summed E-state index contributed by atoms with van der Waals surface area (Å²) in [7, 11) is -3.42. The third-order valence-electron chi connectivity index (χ3n) is 2.79. The first-order valence-electron chi connectivity index (χ1n) is 6.21. The Hall–Kier alpha value is -0.560. The Balaban J connectivity index is 2.72. The fourth-order valence-electron chi connectivity index (χ4n) is 1.63. The van der Waals surface area contributed by atoms with Gasteiger partial charge in [0.05, 0.1) is 4.90 Å². The van der Waals surface area contributed by atoms with Crippen molar-refractivity contribution in [2.45, 2.75) is 24.8 Å². The molecule has 0 saturated heterocycles. The Bertz CT molecular complexity index is 484.